The molecule has 4 heteroatoms. The van der Waals surface area contributed by atoms with Crippen molar-refractivity contribution < 1.29 is 9.59 Å². The number of benzene rings is 4. The molecule has 0 aliphatic rings. The molecule has 0 heterocycles. The van der Waals surface area contributed by atoms with Crippen LogP contribution in [0.2, 0.25) is 10.0 Å². The Balaban J connectivity index is 1.89. The zero-order valence-corrected chi connectivity index (χ0v) is 16.2. The van der Waals surface area contributed by atoms with Crippen molar-refractivity contribution >= 4 is 45.5 Å². The quantitative estimate of drug-likeness (QED) is 0.358. The van der Waals surface area contributed by atoms with E-state index >= 15 is 0 Å². The Morgan fingerprint density at radius 3 is 1.25 bits per heavy atom. The molecular weight excluding hydrogens is 391 g/mol. The summed E-state index contributed by atoms with van der Waals surface area (Å²) in [5.41, 5.74) is 1.68. The fourth-order valence-corrected chi connectivity index (χ4v) is 3.38. The van der Waals surface area contributed by atoms with Gasteiger partial charge in [0.1, 0.15) is 0 Å². The van der Waals surface area contributed by atoms with Crippen LogP contribution in [0.5, 0.6) is 0 Å². The molecule has 0 bridgehead atoms. The lowest BCUT2D eigenvalue weighted by molar-refractivity contribution is 0.100. The summed E-state index contributed by atoms with van der Waals surface area (Å²) < 4.78 is 0. The van der Waals surface area contributed by atoms with E-state index in [0.717, 1.165) is 10.8 Å². The van der Waals surface area contributed by atoms with Gasteiger partial charge < -0.3 is 0 Å². The topological polar surface area (TPSA) is 34.1 Å². The van der Waals surface area contributed by atoms with E-state index in [1.54, 1.807) is 60.7 Å². The number of carbonyl (C=O) groups is 2. The summed E-state index contributed by atoms with van der Waals surface area (Å²) in [7, 11) is 0. The maximum absolute atomic E-state index is 13.2. The second-order valence-electron chi connectivity index (χ2n) is 6.42. The van der Waals surface area contributed by atoms with Crippen LogP contribution in [0.15, 0.2) is 84.9 Å². The fourth-order valence-electron chi connectivity index (χ4n) is 3.13. The Labute approximate surface area is 172 Å². The first kappa shape index (κ1) is 18.4. The molecule has 0 aliphatic heterocycles. The molecule has 28 heavy (non-hydrogen) atoms. The van der Waals surface area contributed by atoms with Crippen molar-refractivity contribution in [2.75, 3.05) is 0 Å². The molecule has 0 unspecified atom stereocenters. The number of carbonyl (C=O) groups excluding carboxylic acids is 2. The molecule has 0 fully saturated rings. The zero-order valence-electron chi connectivity index (χ0n) is 14.7. The van der Waals surface area contributed by atoms with Gasteiger partial charge in [-0.3, -0.25) is 9.59 Å². The molecule has 0 aliphatic carbocycles. The molecular formula is C24H14Cl2O2. The van der Waals surface area contributed by atoms with Crippen LogP contribution in [-0.4, -0.2) is 11.6 Å². The highest BCUT2D eigenvalue weighted by Gasteiger charge is 2.20. The van der Waals surface area contributed by atoms with Crippen LogP contribution in [0.4, 0.5) is 0 Å². The van der Waals surface area contributed by atoms with Gasteiger partial charge in [-0.1, -0.05) is 47.5 Å². The molecule has 0 aromatic heterocycles. The van der Waals surface area contributed by atoms with Gasteiger partial charge in [0.05, 0.1) is 0 Å². The van der Waals surface area contributed by atoms with Gasteiger partial charge in [0, 0.05) is 32.3 Å². The lowest BCUT2D eigenvalue weighted by Gasteiger charge is -2.11. The molecule has 0 atom stereocenters. The smallest absolute Gasteiger partial charge is 0.193 e. The van der Waals surface area contributed by atoms with Crippen molar-refractivity contribution in [1.82, 2.24) is 0 Å². The minimum Gasteiger partial charge on any atom is -0.289 e. The van der Waals surface area contributed by atoms with Crippen molar-refractivity contribution in [2.45, 2.75) is 0 Å². The third-order valence-electron chi connectivity index (χ3n) is 4.59. The minimum atomic E-state index is -0.222. The first-order valence-corrected chi connectivity index (χ1v) is 9.42. The Hall–Kier alpha value is -2.94. The first-order valence-electron chi connectivity index (χ1n) is 8.66. The van der Waals surface area contributed by atoms with Gasteiger partial charge in [0.15, 0.2) is 11.6 Å². The van der Waals surface area contributed by atoms with Crippen molar-refractivity contribution in [3.63, 3.8) is 0 Å². The largest absolute Gasteiger partial charge is 0.289 e. The Bertz CT molecular complexity index is 1100. The molecule has 0 radical (unpaired) electrons. The van der Waals surface area contributed by atoms with Crippen molar-refractivity contribution in [3.05, 3.63) is 117 Å². The number of halogens is 2. The third-order valence-corrected chi connectivity index (χ3v) is 5.09. The van der Waals surface area contributed by atoms with Crippen LogP contribution in [0, 0.1) is 0 Å². The van der Waals surface area contributed by atoms with Crippen LogP contribution in [-0.2, 0) is 0 Å². The second kappa shape index (κ2) is 7.59. The van der Waals surface area contributed by atoms with Gasteiger partial charge in [-0.2, -0.15) is 0 Å². The van der Waals surface area contributed by atoms with E-state index in [0.29, 0.717) is 32.3 Å². The second-order valence-corrected chi connectivity index (χ2v) is 7.29. The highest BCUT2D eigenvalue weighted by molar-refractivity contribution is 6.31. The van der Waals surface area contributed by atoms with Crippen molar-refractivity contribution in [2.24, 2.45) is 0 Å². The van der Waals surface area contributed by atoms with Crippen LogP contribution in [0.1, 0.15) is 31.8 Å². The van der Waals surface area contributed by atoms with E-state index in [9.17, 15) is 9.59 Å². The Kier molecular flexibility index (Phi) is 4.99. The van der Waals surface area contributed by atoms with Gasteiger partial charge in [0.25, 0.3) is 0 Å². The van der Waals surface area contributed by atoms with E-state index in [1.165, 1.54) is 0 Å². The molecule has 0 spiro atoms. The number of rotatable bonds is 4. The van der Waals surface area contributed by atoms with E-state index < -0.39 is 0 Å². The van der Waals surface area contributed by atoms with Crippen LogP contribution in [0.3, 0.4) is 0 Å². The lowest BCUT2D eigenvalue weighted by Crippen LogP contribution is -2.11. The number of fused-ring (bicyclic) bond motifs is 1. The van der Waals surface area contributed by atoms with Gasteiger partial charge in [-0.15, -0.1) is 0 Å². The van der Waals surface area contributed by atoms with E-state index in [1.807, 2.05) is 24.3 Å². The summed E-state index contributed by atoms with van der Waals surface area (Å²) in [6.07, 6.45) is 0. The monoisotopic (exact) mass is 404 g/mol. The van der Waals surface area contributed by atoms with Crippen LogP contribution < -0.4 is 0 Å². The van der Waals surface area contributed by atoms with E-state index in [2.05, 4.69) is 0 Å². The van der Waals surface area contributed by atoms with Crippen LogP contribution in [0.25, 0.3) is 10.8 Å². The summed E-state index contributed by atoms with van der Waals surface area (Å²) >= 11 is 11.9. The maximum atomic E-state index is 13.2. The van der Waals surface area contributed by atoms with Gasteiger partial charge in [-0.05, 0) is 71.4 Å². The molecule has 0 saturated carbocycles. The van der Waals surface area contributed by atoms with Crippen molar-refractivity contribution in [3.8, 4) is 0 Å². The SMILES string of the molecule is O=C(c1ccc(Cl)cc1)c1cc2ccccc2cc1C(=O)c1ccc(Cl)cc1. The van der Waals surface area contributed by atoms with E-state index in [4.69, 9.17) is 23.2 Å². The predicted molar refractivity (Wildman–Crippen MR) is 114 cm³/mol. The summed E-state index contributed by atoms with van der Waals surface area (Å²) in [4.78, 5) is 26.4. The highest BCUT2D eigenvalue weighted by atomic mass is 35.5. The molecule has 136 valence electrons. The molecule has 0 saturated heterocycles. The van der Waals surface area contributed by atoms with Crippen LogP contribution >= 0.6 is 23.2 Å². The lowest BCUT2D eigenvalue weighted by atomic mass is 9.90. The zero-order chi connectivity index (χ0) is 19.7. The molecule has 0 N–H and O–H groups in total. The first-order chi connectivity index (χ1) is 13.5. The summed E-state index contributed by atoms with van der Waals surface area (Å²) in [6.45, 7) is 0. The number of hydrogen-bond acceptors (Lipinski definition) is 2. The summed E-state index contributed by atoms with van der Waals surface area (Å²) in [6, 6.07) is 24.5. The normalized spacial score (nSPS) is 10.8. The van der Waals surface area contributed by atoms with Gasteiger partial charge in [0.2, 0.25) is 0 Å². The average molecular weight is 405 g/mol. The standard InChI is InChI=1S/C24H14Cl2O2/c25-19-9-5-15(6-10-19)23(27)21-13-17-3-1-2-4-18(17)14-22(21)24(28)16-7-11-20(26)12-8-16/h1-14H. The summed E-state index contributed by atoms with van der Waals surface area (Å²) in [5, 5.41) is 2.89. The van der Waals surface area contributed by atoms with Gasteiger partial charge in [-0.25, -0.2) is 0 Å². The minimum absolute atomic E-state index is 0.222. The maximum Gasteiger partial charge on any atom is 0.193 e. The predicted octanol–water partition coefficient (Wildman–Crippen LogP) is 6.61. The Morgan fingerprint density at radius 1 is 0.536 bits per heavy atom. The Morgan fingerprint density at radius 2 is 0.893 bits per heavy atom. The highest BCUT2D eigenvalue weighted by Crippen LogP contribution is 2.26. The molecule has 0 amide bonds. The molecule has 4 aromatic rings. The van der Waals surface area contributed by atoms with Crippen molar-refractivity contribution in [1.29, 1.82) is 0 Å². The average Bonchev–Trinajstić information content (AvgIpc) is 2.73. The molecule has 4 rings (SSSR count). The fraction of sp³-hybridized carbons (Fsp3) is 0. The summed E-state index contributed by atoms with van der Waals surface area (Å²) in [5.74, 6) is -0.445. The number of hydrogen-bond donors (Lipinski definition) is 0. The third kappa shape index (κ3) is 3.57. The molecule has 2 nitrogen and oxygen atoms in total. The van der Waals surface area contributed by atoms with Gasteiger partial charge >= 0.3 is 0 Å². The molecule has 4 aromatic carbocycles. The van der Waals surface area contributed by atoms with E-state index in [-0.39, 0.29) is 11.6 Å². The number of ketones is 2.